The van der Waals surface area contributed by atoms with Gasteiger partial charge < -0.3 is 14.6 Å². The summed E-state index contributed by atoms with van der Waals surface area (Å²) >= 11 is 0. The number of carboxylic acid groups (broad SMARTS) is 1. The third kappa shape index (κ3) is 3.60. The summed E-state index contributed by atoms with van der Waals surface area (Å²) in [7, 11) is 0. The van der Waals surface area contributed by atoms with Crippen LogP contribution in [0.3, 0.4) is 0 Å². The number of carbonyl (C=O) groups is 2. The molecule has 5 aliphatic carbocycles. The van der Waals surface area contributed by atoms with Crippen molar-refractivity contribution >= 4 is 12.1 Å². The molecule has 38 heavy (non-hydrogen) atoms. The predicted molar refractivity (Wildman–Crippen MR) is 149 cm³/mol. The zero-order valence-electron chi connectivity index (χ0n) is 25.4. The maximum Gasteiger partial charge on any atom is 0.508 e. The quantitative estimate of drug-likeness (QED) is 0.370. The van der Waals surface area contributed by atoms with Crippen molar-refractivity contribution in [1.82, 2.24) is 0 Å². The molecule has 0 unspecified atom stereocenters. The van der Waals surface area contributed by atoms with E-state index in [1.54, 1.807) is 0 Å². The summed E-state index contributed by atoms with van der Waals surface area (Å²) in [6.07, 6.45) is 9.94. The van der Waals surface area contributed by atoms with E-state index in [9.17, 15) is 14.7 Å². The van der Waals surface area contributed by atoms with Crippen molar-refractivity contribution in [2.45, 2.75) is 126 Å². The lowest BCUT2D eigenvalue weighted by Crippen LogP contribution is -2.67. The van der Waals surface area contributed by atoms with Crippen molar-refractivity contribution in [3.05, 3.63) is 0 Å². The fourth-order valence-electron chi connectivity index (χ4n) is 12.2. The van der Waals surface area contributed by atoms with E-state index < -0.39 is 17.5 Å². The number of hydrogen-bond donors (Lipinski definition) is 1. The average Bonchev–Trinajstić information content (AvgIpc) is 3.23. The van der Waals surface area contributed by atoms with E-state index in [0.717, 1.165) is 44.9 Å². The molecule has 0 aromatic carbocycles. The molecule has 216 valence electrons. The summed E-state index contributed by atoms with van der Waals surface area (Å²) in [4.78, 5) is 25.2. The fourth-order valence-corrected chi connectivity index (χ4v) is 12.2. The number of carboxylic acids is 1. The Morgan fingerprint density at radius 1 is 0.842 bits per heavy atom. The Balaban J connectivity index is 1.47. The maximum absolute atomic E-state index is 12.9. The molecule has 0 aliphatic heterocycles. The molecule has 5 rings (SSSR count). The van der Waals surface area contributed by atoms with E-state index in [4.69, 9.17) is 9.47 Å². The van der Waals surface area contributed by atoms with Crippen LogP contribution in [-0.2, 0) is 14.3 Å². The molecular formula is C33H54O5. The predicted octanol–water partition coefficient (Wildman–Crippen LogP) is 8.35. The van der Waals surface area contributed by atoms with Gasteiger partial charge >= 0.3 is 12.1 Å². The SMILES string of the molecule is CCOC(=O)O[C@@H]1CC[C@]2(C)[C@H]3CC[C@@H]4[C@H]5[C@H](C(C)C)CC[C@]5(C(=O)O)CC[C@@]4(C)[C@]3(C)CC[C@H]2C1(C)C. The van der Waals surface area contributed by atoms with Crippen LogP contribution in [0, 0.1) is 62.6 Å². The van der Waals surface area contributed by atoms with Crippen LogP contribution in [0.4, 0.5) is 4.79 Å². The molecule has 0 heterocycles. The van der Waals surface area contributed by atoms with Crippen LogP contribution >= 0.6 is 0 Å². The Morgan fingerprint density at radius 2 is 1.55 bits per heavy atom. The van der Waals surface area contributed by atoms with E-state index in [1.807, 2.05) is 6.92 Å². The standard InChI is InChI=1S/C33H54O5/c1-9-37-28(36)38-25-14-15-30(6)23(29(25,4)5)13-16-32(8)24(30)11-10-22-26-21(20(2)3)12-17-33(26,27(34)35)19-18-31(22,32)7/h20-26H,9-19H2,1-8H3,(H,34,35)/t21-,22+,23-,24+,25+,26+,30-,31+,32+,33-/m0/s1. The summed E-state index contributed by atoms with van der Waals surface area (Å²) in [5.41, 5.74) is -0.0201. The molecule has 0 bridgehead atoms. The van der Waals surface area contributed by atoms with Crippen molar-refractivity contribution in [2.75, 3.05) is 6.61 Å². The van der Waals surface area contributed by atoms with Gasteiger partial charge in [0.2, 0.25) is 0 Å². The largest absolute Gasteiger partial charge is 0.508 e. The van der Waals surface area contributed by atoms with Gasteiger partial charge in [-0.1, -0.05) is 48.5 Å². The molecule has 0 radical (unpaired) electrons. The molecule has 5 heteroatoms. The minimum absolute atomic E-state index is 0.0991. The van der Waals surface area contributed by atoms with Crippen LogP contribution in [0.2, 0.25) is 0 Å². The van der Waals surface area contributed by atoms with E-state index in [1.165, 1.54) is 19.3 Å². The third-order valence-electron chi connectivity index (χ3n) is 14.2. The highest BCUT2D eigenvalue weighted by atomic mass is 16.7. The Hall–Kier alpha value is -1.26. The van der Waals surface area contributed by atoms with Crippen LogP contribution in [0.5, 0.6) is 0 Å². The Kier molecular flexibility index (Phi) is 6.79. The van der Waals surface area contributed by atoms with E-state index >= 15 is 0 Å². The van der Waals surface area contributed by atoms with Gasteiger partial charge in [-0.2, -0.15) is 0 Å². The van der Waals surface area contributed by atoms with Gasteiger partial charge in [0, 0.05) is 5.41 Å². The zero-order chi connectivity index (χ0) is 27.9. The molecule has 0 aromatic rings. The number of aliphatic carboxylic acids is 1. The zero-order valence-corrected chi connectivity index (χ0v) is 25.4. The number of fused-ring (bicyclic) bond motifs is 7. The molecule has 0 saturated heterocycles. The Morgan fingerprint density at radius 3 is 2.18 bits per heavy atom. The Labute approximate surface area is 231 Å². The monoisotopic (exact) mass is 530 g/mol. The summed E-state index contributed by atoms with van der Waals surface area (Å²) in [6, 6.07) is 0. The second-order valence-electron chi connectivity index (χ2n) is 15.8. The topological polar surface area (TPSA) is 72.8 Å². The highest BCUT2D eigenvalue weighted by molar-refractivity contribution is 5.76. The Bertz CT molecular complexity index is 957. The second-order valence-corrected chi connectivity index (χ2v) is 15.8. The summed E-state index contributed by atoms with van der Waals surface area (Å²) in [6.45, 7) is 19.2. The van der Waals surface area contributed by atoms with Crippen molar-refractivity contribution in [3.8, 4) is 0 Å². The molecule has 5 nitrogen and oxygen atoms in total. The van der Waals surface area contributed by atoms with Crippen molar-refractivity contribution in [2.24, 2.45) is 62.6 Å². The first-order chi connectivity index (χ1) is 17.7. The molecule has 5 saturated carbocycles. The van der Waals surface area contributed by atoms with Crippen LogP contribution < -0.4 is 0 Å². The summed E-state index contributed by atoms with van der Waals surface area (Å²) in [5, 5.41) is 10.6. The minimum Gasteiger partial charge on any atom is -0.481 e. The van der Waals surface area contributed by atoms with Crippen LogP contribution in [-0.4, -0.2) is 29.9 Å². The first-order valence-corrected chi connectivity index (χ1v) is 15.8. The smallest absolute Gasteiger partial charge is 0.481 e. The van der Waals surface area contributed by atoms with Crippen molar-refractivity contribution in [1.29, 1.82) is 0 Å². The number of rotatable bonds is 4. The molecule has 0 amide bonds. The first kappa shape index (κ1) is 28.3. The molecular weight excluding hydrogens is 476 g/mol. The van der Waals surface area contributed by atoms with E-state index in [-0.39, 0.29) is 27.8 Å². The second kappa shape index (κ2) is 9.13. The van der Waals surface area contributed by atoms with Crippen LogP contribution in [0.1, 0.15) is 120 Å². The molecule has 10 atom stereocenters. The fraction of sp³-hybridized carbons (Fsp3) is 0.939. The van der Waals surface area contributed by atoms with Crippen molar-refractivity contribution < 1.29 is 24.2 Å². The van der Waals surface area contributed by atoms with Gasteiger partial charge in [0.05, 0.1) is 12.0 Å². The van der Waals surface area contributed by atoms with Gasteiger partial charge in [-0.05, 0) is 123 Å². The minimum atomic E-state index is -0.525. The van der Waals surface area contributed by atoms with Crippen molar-refractivity contribution in [3.63, 3.8) is 0 Å². The third-order valence-corrected chi connectivity index (χ3v) is 14.2. The van der Waals surface area contributed by atoms with Gasteiger partial charge in [-0.25, -0.2) is 4.79 Å². The molecule has 1 N–H and O–H groups in total. The van der Waals surface area contributed by atoms with Crippen LogP contribution in [0.25, 0.3) is 0 Å². The average molecular weight is 531 g/mol. The van der Waals surface area contributed by atoms with Gasteiger partial charge in [0.25, 0.3) is 0 Å². The van der Waals surface area contributed by atoms with Gasteiger partial charge in [0.15, 0.2) is 0 Å². The van der Waals surface area contributed by atoms with Crippen LogP contribution in [0.15, 0.2) is 0 Å². The lowest BCUT2D eigenvalue weighted by Gasteiger charge is -2.72. The number of carbonyl (C=O) groups excluding carboxylic acids is 1. The van der Waals surface area contributed by atoms with Gasteiger partial charge in [-0.3, -0.25) is 4.79 Å². The van der Waals surface area contributed by atoms with Gasteiger partial charge in [-0.15, -0.1) is 0 Å². The molecule has 0 spiro atoms. The number of ether oxygens (including phenoxy) is 2. The van der Waals surface area contributed by atoms with E-state index in [2.05, 4.69) is 48.5 Å². The molecule has 5 fully saturated rings. The number of hydrogen-bond acceptors (Lipinski definition) is 4. The summed E-state index contributed by atoms with van der Waals surface area (Å²) in [5.74, 6) is 2.48. The molecule has 0 aromatic heterocycles. The highest BCUT2D eigenvalue weighted by Gasteiger charge is 2.72. The molecule has 5 aliphatic rings. The summed E-state index contributed by atoms with van der Waals surface area (Å²) < 4.78 is 11.1. The van der Waals surface area contributed by atoms with Gasteiger partial charge in [0.1, 0.15) is 6.10 Å². The lowest BCUT2D eigenvalue weighted by atomic mass is 9.32. The normalized spacial score (nSPS) is 49.3. The maximum atomic E-state index is 12.9. The van der Waals surface area contributed by atoms with E-state index in [0.29, 0.717) is 42.1 Å². The first-order valence-electron chi connectivity index (χ1n) is 15.8. The highest BCUT2D eigenvalue weighted by Crippen LogP contribution is 2.77. The lowest BCUT2D eigenvalue weighted by molar-refractivity contribution is -0.250.